The van der Waals surface area contributed by atoms with Gasteiger partial charge in [0.2, 0.25) is 0 Å². The maximum Gasteiger partial charge on any atom is 0.425 e. The highest BCUT2D eigenvalue weighted by atomic mass is 32.2. The zero-order valence-corrected chi connectivity index (χ0v) is 37.8. The highest BCUT2D eigenvalue weighted by Crippen LogP contribution is 2.44. The second-order valence-electron chi connectivity index (χ2n) is 18.5. The maximum atomic E-state index is 16.6. The Morgan fingerprint density at radius 1 is 0.852 bits per heavy atom. The van der Waals surface area contributed by atoms with E-state index in [4.69, 9.17) is 29.0 Å². The molecule has 4 aromatic rings. The number of imide groups is 1. The molecule has 3 amide bonds. The Bertz CT molecular complexity index is 2360. The molecule has 1 N–H and O–H groups in total. The molecule has 0 aliphatic heterocycles. The molecule has 61 heavy (non-hydrogen) atoms. The van der Waals surface area contributed by atoms with Gasteiger partial charge in [-0.1, -0.05) is 0 Å². The third-order valence-electron chi connectivity index (χ3n) is 9.63. The van der Waals surface area contributed by atoms with Crippen LogP contribution in [0.2, 0.25) is 0 Å². The molecule has 14 nitrogen and oxygen atoms in total. The van der Waals surface area contributed by atoms with E-state index < -0.39 is 73.9 Å². The van der Waals surface area contributed by atoms with E-state index in [0.717, 1.165) is 12.1 Å². The number of carbonyl (C=O) groups is 3. The van der Waals surface area contributed by atoms with Crippen molar-refractivity contribution in [1.82, 2.24) is 20.1 Å². The number of ether oxygens (including phenoxy) is 4. The standard InChI is InChI=1S/C44H57F2N5O9S/c1-25(2)51-37-32(26-13-15-28(16-14-26)48-39(52)58-42(3,4)5)23-47-38(50(40(53)59-43(6,7)8)41(54)60-44(9,10)11)35(37)36(49-51)31-22-33(45)27(21-34(31)46)24-61(55,56)30-19-17-29(57-12)18-20-30/h17-23,25-26,28H,13-16,24H2,1-12H3,(H,48,52). The van der Waals surface area contributed by atoms with Crippen LogP contribution < -0.4 is 15.0 Å². The Labute approximate surface area is 356 Å². The molecule has 0 atom stereocenters. The molecule has 0 bridgehead atoms. The van der Waals surface area contributed by atoms with E-state index in [1.165, 1.54) is 31.4 Å². The Balaban J connectivity index is 1.70. The molecule has 1 aliphatic rings. The van der Waals surface area contributed by atoms with Crippen molar-refractivity contribution in [2.45, 2.75) is 147 Å². The van der Waals surface area contributed by atoms with Gasteiger partial charge in [-0.15, -0.1) is 0 Å². The third-order valence-corrected chi connectivity index (χ3v) is 11.3. The fourth-order valence-corrected chi connectivity index (χ4v) is 8.39. The number of benzene rings is 2. The van der Waals surface area contributed by atoms with Crippen molar-refractivity contribution in [3.63, 3.8) is 0 Å². The predicted octanol–water partition coefficient (Wildman–Crippen LogP) is 10.2. The number of pyridine rings is 1. The molecule has 5 rings (SSSR count). The van der Waals surface area contributed by atoms with Gasteiger partial charge in [0.05, 0.1) is 28.7 Å². The number of nitrogens with one attached hydrogen (secondary N) is 1. The molecular formula is C44H57F2N5O9S. The van der Waals surface area contributed by atoms with E-state index in [1.54, 1.807) is 73.2 Å². The molecule has 1 saturated carbocycles. The summed E-state index contributed by atoms with van der Waals surface area (Å²) in [5.41, 5.74) is -2.71. The third kappa shape index (κ3) is 11.3. The van der Waals surface area contributed by atoms with Gasteiger partial charge in [-0.05, 0) is 150 Å². The van der Waals surface area contributed by atoms with E-state index in [1.807, 2.05) is 13.8 Å². The first kappa shape index (κ1) is 46.7. The molecule has 2 heterocycles. The van der Waals surface area contributed by atoms with Crippen molar-refractivity contribution < 1.29 is 50.5 Å². The minimum atomic E-state index is -4.13. The fraction of sp³-hybridized carbons (Fsp3) is 0.523. The van der Waals surface area contributed by atoms with E-state index in [2.05, 4.69) is 5.32 Å². The molecule has 332 valence electrons. The summed E-state index contributed by atoms with van der Waals surface area (Å²) in [6.07, 6.45) is 1.08. The van der Waals surface area contributed by atoms with Gasteiger partial charge in [-0.2, -0.15) is 10.00 Å². The number of methoxy groups -OCH3 is 1. The summed E-state index contributed by atoms with van der Waals surface area (Å²) in [5, 5.41) is 7.80. The summed E-state index contributed by atoms with van der Waals surface area (Å²) in [6, 6.07) is 6.64. The van der Waals surface area contributed by atoms with Crippen LogP contribution in [0.1, 0.15) is 125 Å². The number of carbonyl (C=O) groups excluding carboxylic acids is 3. The molecule has 2 aromatic heterocycles. The lowest BCUT2D eigenvalue weighted by Gasteiger charge is -2.31. The topological polar surface area (TPSA) is 168 Å². The van der Waals surface area contributed by atoms with Crippen LogP contribution >= 0.6 is 0 Å². The van der Waals surface area contributed by atoms with Crippen LogP contribution in [-0.2, 0) is 29.8 Å². The number of hydrogen-bond donors (Lipinski definition) is 1. The lowest BCUT2D eigenvalue weighted by Crippen LogP contribution is -2.44. The molecule has 0 saturated heterocycles. The first-order valence-corrected chi connectivity index (χ1v) is 21.8. The summed E-state index contributed by atoms with van der Waals surface area (Å²) in [4.78, 5) is 45.9. The second kappa shape index (κ2) is 17.6. The van der Waals surface area contributed by atoms with Crippen LogP contribution in [0.3, 0.4) is 0 Å². The van der Waals surface area contributed by atoms with Crippen LogP contribution in [0.15, 0.2) is 47.5 Å². The van der Waals surface area contributed by atoms with Gasteiger partial charge in [-0.25, -0.2) is 36.6 Å². The summed E-state index contributed by atoms with van der Waals surface area (Å²) in [5.74, 6) is -2.94. The van der Waals surface area contributed by atoms with Crippen LogP contribution in [0.4, 0.5) is 29.0 Å². The molecule has 1 aliphatic carbocycles. The number of aromatic nitrogens is 3. The van der Waals surface area contributed by atoms with Crippen LogP contribution in [-0.4, -0.2) is 71.4 Å². The number of nitrogens with zero attached hydrogens (tertiary/aromatic N) is 4. The number of rotatable bonds is 9. The minimum Gasteiger partial charge on any atom is -0.497 e. The Kier molecular flexibility index (Phi) is 13.5. The molecule has 0 spiro atoms. The van der Waals surface area contributed by atoms with Gasteiger partial charge in [0.1, 0.15) is 39.9 Å². The fourth-order valence-electron chi connectivity index (χ4n) is 7.05. The molecule has 0 unspecified atom stereocenters. The van der Waals surface area contributed by atoms with Crippen LogP contribution in [0, 0.1) is 11.6 Å². The number of hydrogen-bond acceptors (Lipinski definition) is 11. The second-order valence-corrected chi connectivity index (χ2v) is 20.5. The van der Waals surface area contributed by atoms with Gasteiger partial charge >= 0.3 is 18.3 Å². The van der Waals surface area contributed by atoms with Gasteiger partial charge in [-0.3, -0.25) is 4.68 Å². The van der Waals surface area contributed by atoms with Crippen molar-refractivity contribution in [2.75, 3.05) is 12.0 Å². The molecule has 1 fully saturated rings. The van der Waals surface area contributed by atoms with E-state index in [0.29, 0.717) is 47.4 Å². The van der Waals surface area contributed by atoms with Crippen molar-refractivity contribution in [3.8, 4) is 17.0 Å². The zero-order chi connectivity index (χ0) is 45.4. The number of fused-ring (bicyclic) bond motifs is 1. The van der Waals surface area contributed by atoms with Gasteiger partial charge in [0, 0.05) is 29.4 Å². The van der Waals surface area contributed by atoms with Crippen LogP contribution in [0.5, 0.6) is 5.75 Å². The summed E-state index contributed by atoms with van der Waals surface area (Å²) in [7, 11) is -2.70. The monoisotopic (exact) mass is 869 g/mol. The quantitative estimate of drug-likeness (QED) is 0.159. The lowest BCUT2D eigenvalue weighted by atomic mass is 9.81. The van der Waals surface area contributed by atoms with E-state index in [-0.39, 0.29) is 39.3 Å². The number of sulfone groups is 1. The smallest absolute Gasteiger partial charge is 0.425 e. The van der Waals surface area contributed by atoms with E-state index >= 15 is 8.78 Å². The van der Waals surface area contributed by atoms with Gasteiger partial charge < -0.3 is 24.3 Å². The van der Waals surface area contributed by atoms with Crippen molar-refractivity contribution in [2.24, 2.45) is 0 Å². The van der Waals surface area contributed by atoms with Gasteiger partial charge in [0.15, 0.2) is 15.7 Å². The summed E-state index contributed by atoms with van der Waals surface area (Å²) in [6.45, 7) is 18.8. The summed E-state index contributed by atoms with van der Waals surface area (Å²) >= 11 is 0. The Morgan fingerprint density at radius 2 is 1.41 bits per heavy atom. The minimum absolute atomic E-state index is 0.0360. The average Bonchev–Trinajstić information content (AvgIpc) is 3.52. The zero-order valence-electron chi connectivity index (χ0n) is 36.9. The summed E-state index contributed by atoms with van der Waals surface area (Å²) < 4.78 is 83.1. The highest BCUT2D eigenvalue weighted by Gasteiger charge is 2.39. The van der Waals surface area contributed by atoms with E-state index in [9.17, 15) is 22.8 Å². The van der Waals surface area contributed by atoms with Crippen molar-refractivity contribution in [1.29, 1.82) is 0 Å². The van der Waals surface area contributed by atoms with Crippen molar-refractivity contribution in [3.05, 3.63) is 65.4 Å². The van der Waals surface area contributed by atoms with Crippen LogP contribution in [0.25, 0.3) is 22.2 Å². The number of anilines is 1. The molecule has 2 aromatic carbocycles. The Hall–Kier alpha value is -5.32. The first-order chi connectivity index (χ1) is 28.2. The number of alkyl carbamates (subject to hydrolysis) is 1. The Morgan fingerprint density at radius 3 is 1.92 bits per heavy atom. The largest absolute Gasteiger partial charge is 0.497 e. The molecule has 17 heteroatoms. The normalized spacial score (nSPS) is 16.3. The maximum absolute atomic E-state index is 16.6. The molecule has 0 radical (unpaired) electrons. The predicted molar refractivity (Wildman–Crippen MR) is 226 cm³/mol. The average molecular weight is 870 g/mol. The number of halogens is 2. The molecular weight excluding hydrogens is 813 g/mol. The first-order valence-electron chi connectivity index (χ1n) is 20.2. The lowest BCUT2D eigenvalue weighted by molar-refractivity contribution is 0.0425. The van der Waals surface area contributed by atoms with Gasteiger partial charge in [0.25, 0.3) is 0 Å². The number of amides is 3. The SMILES string of the molecule is COc1ccc(S(=O)(=O)Cc2cc(F)c(-c3nn(C(C)C)c4c(C5CCC(NC(=O)OC(C)(C)C)CC5)cnc(N(C(=O)OC(C)(C)C)C(=O)OC(C)(C)C)c34)cc2F)cc1. The highest BCUT2D eigenvalue weighted by molar-refractivity contribution is 7.90. The van der Waals surface area contributed by atoms with Crippen molar-refractivity contribution >= 4 is 44.8 Å².